The maximum atomic E-state index is 3.85. The molecule has 0 amide bonds. The van der Waals surface area contributed by atoms with E-state index < -0.39 is 0 Å². The van der Waals surface area contributed by atoms with Crippen LogP contribution in [0.1, 0.15) is 20.1 Å². The Kier molecular flexibility index (Phi) is 3.79. The van der Waals surface area contributed by atoms with Crippen LogP contribution in [0.5, 0.6) is 0 Å². The summed E-state index contributed by atoms with van der Waals surface area (Å²) in [6.45, 7) is 2.14. The van der Waals surface area contributed by atoms with Gasteiger partial charge in [-0.1, -0.05) is 58.4 Å². The van der Waals surface area contributed by atoms with Crippen molar-refractivity contribution in [2.24, 2.45) is 0 Å². The maximum absolute atomic E-state index is 3.85. The van der Waals surface area contributed by atoms with Gasteiger partial charge in [0.25, 0.3) is 0 Å². The smallest absolute Gasteiger partial charge is 0.0744 e. The highest BCUT2D eigenvalue weighted by Gasteiger charge is 2.16. The van der Waals surface area contributed by atoms with Crippen LogP contribution in [0.3, 0.4) is 0 Å². The molecule has 0 saturated heterocycles. The highest BCUT2D eigenvalue weighted by molar-refractivity contribution is 9.10. The van der Waals surface area contributed by atoms with E-state index in [2.05, 4.69) is 87.3 Å². The van der Waals surface area contributed by atoms with E-state index in [1.807, 2.05) is 11.3 Å². The van der Waals surface area contributed by atoms with Gasteiger partial charge in [-0.3, -0.25) is 0 Å². The number of alkyl halides is 1. The first-order chi connectivity index (χ1) is 9.16. The largest absolute Gasteiger partial charge is 0.143 e. The summed E-state index contributed by atoms with van der Waals surface area (Å²) < 4.78 is 1.19. The highest BCUT2D eigenvalue weighted by Crippen LogP contribution is 2.40. The minimum Gasteiger partial charge on any atom is -0.143 e. The third-order valence-electron chi connectivity index (χ3n) is 3.22. The number of aryl methyl sites for hydroxylation is 1. The minimum absolute atomic E-state index is 0.244. The normalized spacial score (nSPS) is 12.8. The molecule has 3 aromatic rings. The molecule has 3 rings (SSSR count). The van der Waals surface area contributed by atoms with Crippen molar-refractivity contribution in [3.8, 4) is 0 Å². The van der Waals surface area contributed by atoms with Crippen molar-refractivity contribution >= 4 is 54.0 Å². The second-order valence-corrected chi connectivity index (χ2v) is 7.54. The average Bonchev–Trinajstić information content (AvgIpc) is 2.77. The molecule has 0 aliphatic heterocycles. The molecule has 0 bridgehead atoms. The molecule has 0 aliphatic rings. The van der Waals surface area contributed by atoms with Crippen LogP contribution < -0.4 is 0 Å². The molecule has 0 aliphatic carbocycles. The number of thiophene rings is 1. The molecular weight excluding hydrogens is 384 g/mol. The first-order valence-corrected chi connectivity index (χ1v) is 8.57. The zero-order valence-electron chi connectivity index (χ0n) is 10.4. The Morgan fingerprint density at radius 3 is 2.53 bits per heavy atom. The van der Waals surface area contributed by atoms with Crippen LogP contribution in [0.4, 0.5) is 0 Å². The fourth-order valence-corrected chi connectivity index (χ4v) is 4.60. The lowest BCUT2D eigenvalue weighted by molar-refractivity contribution is 1.25. The molecule has 3 heteroatoms. The van der Waals surface area contributed by atoms with Gasteiger partial charge in [0.05, 0.1) is 4.83 Å². The minimum atomic E-state index is 0.244. The molecule has 1 aromatic heterocycles. The van der Waals surface area contributed by atoms with Crippen LogP contribution >= 0.6 is 43.2 Å². The van der Waals surface area contributed by atoms with Crippen LogP contribution in [0.15, 0.2) is 53.0 Å². The summed E-state index contributed by atoms with van der Waals surface area (Å²) in [5, 5.41) is 2.60. The number of hydrogen-bond acceptors (Lipinski definition) is 1. The van der Waals surface area contributed by atoms with Gasteiger partial charge in [-0.25, -0.2) is 0 Å². The Morgan fingerprint density at radius 1 is 1.05 bits per heavy atom. The molecule has 19 heavy (non-hydrogen) atoms. The predicted octanol–water partition coefficient (Wildman–Crippen LogP) is 6.46. The summed E-state index contributed by atoms with van der Waals surface area (Å²) in [6, 6.07) is 17.2. The summed E-state index contributed by atoms with van der Waals surface area (Å²) >= 11 is 9.28. The molecule has 2 aromatic carbocycles. The molecule has 96 valence electrons. The van der Waals surface area contributed by atoms with Crippen LogP contribution in [0.2, 0.25) is 0 Å². The first kappa shape index (κ1) is 13.3. The molecule has 0 nitrogen and oxygen atoms in total. The molecular formula is C16H12Br2S. The lowest BCUT2D eigenvalue weighted by Crippen LogP contribution is -1.91. The average molecular weight is 396 g/mol. The van der Waals surface area contributed by atoms with Gasteiger partial charge in [0.2, 0.25) is 0 Å². The van der Waals surface area contributed by atoms with Crippen LogP contribution in [0, 0.1) is 6.92 Å². The molecule has 1 atom stereocenters. The Hall–Kier alpha value is -0.640. The second kappa shape index (κ2) is 5.39. The second-order valence-electron chi connectivity index (χ2n) is 4.48. The van der Waals surface area contributed by atoms with E-state index in [1.165, 1.54) is 30.6 Å². The third kappa shape index (κ3) is 2.51. The summed E-state index contributed by atoms with van der Waals surface area (Å²) in [4.78, 5) is 2.90. The first-order valence-electron chi connectivity index (χ1n) is 6.04. The van der Waals surface area contributed by atoms with E-state index in [0.29, 0.717) is 0 Å². The fraction of sp³-hybridized carbons (Fsp3) is 0.125. The standard InChI is InChI=1S/C16H12Br2S/c1-10-14(17)9-15(19-10)16(18)13-8-4-6-11-5-2-3-7-12(11)13/h2-9,16H,1H3. The monoisotopic (exact) mass is 394 g/mol. The SMILES string of the molecule is Cc1sc(C(Br)c2cccc3ccccc23)cc1Br. The van der Waals surface area contributed by atoms with Crippen LogP contribution in [-0.4, -0.2) is 0 Å². The van der Waals surface area contributed by atoms with Crippen molar-refractivity contribution in [1.82, 2.24) is 0 Å². The lowest BCUT2D eigenvalue weighted by Gasteiger charge is -2.11. The summed E-state index contributed by atoms with van der Waals surface area (Å²) in [5.74, 6) is 0. The predicted molar refractivity (Wildman–Crippen MR) is 91.5 cm³/mol. The zero-order chi connectivity index (χ0) is 13.4. The van der Waals surface area contributed by atoms with Gasteiger partial charge in [-0.2, -0.15) is 0 Å². The van der Waals surface area contributed by atoms with Gasteiger partial charge in [-0.15, -0.1) is 11.3 Å². The van der Waals surface area contributed by atoms with E-state index in [0.717, 1.165) is 0 Å². The van der Waals surface area contributed by atoms with E-state index in [-0.39, 0.29) is 4.83 Å². The lowest BCUT2D eigenvalue weighted by atomic mass is 10.0. The Balaban J connectivity index is 2.13. The summed E-state index contributed by atoms with van der Waals surface area (Å²) in [7, 11) is 0. The maximum Gasteiger partial charge on any atom is 0.0744 e. The quantitative estimate of drug-likeness (QED) is 0.437. The van der Waals surface area contributed by atoms with Crippen molar-refractivity contribution in [2.45, 2.75) is 11.8 Å². The van der Waals surface area contributed by atoms with Gasteiger partial charge < -0.3 is 0 Å². The Morgan fingerprint density at radius 2 is 1.79 bits per heavy atom. The molecule has 1 heterocycles. The van der Waals surface area contributed by atoms with Crippen molar-refractivity contribution in [3.63, 3.8) is 0 Å². The van der Waals surface area contributed by atoms with Gasteiger partial charge >= 0.3 is 0 Å². The number of fused-ring (bicyclic) bond motifs is 1. The van der Waals surface area contributed by atoms with E-state index in [4.69, 9.17) is 0 Å². The summed E-state index contributed by atoms with van der Waals surface area (Å²) in [6.07, 6.45) is 0. The fourth-order valence-electron chi connectivity index (χ4n) is 2.23. The van der Waals surface area contributed by atoms with Gasteiger partial charge in [0.1, 0.15) is 0 Å². The van der Waals surface area contributed by atoms with Crippen molar-refractivity contribution in [2.75, 3.05) is 0 Å². The molecule has 0 radical (unpaired) electrons. The van der Waals surface area contributed by atoms with E-state index in [1.54, 1.807) is 0 Å². The number of halogens is 2. The zero-order valence-corrected chi connectivity index (χ0v) is 14.3. The van der Waals surface area contributed by atoms with E-state index >= 15 is 0 Å². The van der Waals surface area contributed by atoms with Crippen molar-refractivity contribution in [1.29, 1.82) is 0 Å². The van der Waals surface area contributed by atoms with Crippen LogP contribution in [-0.2, 0) is 0 Å². The van der Waals surface area contributed by atoms with Gasteiger partial charge in [-0.05, 0) is 45.3 Å². The van der Waals surface area contributed by atoms with Crippen molar-refractivity contribution in [3.05, 3.63) is 68.3 Å². The van der Waals surface area contributed by atoms with Gasteiger partial charge in [0.15, 0.2) is 0 Å². The molecule has 0 N–H and O–H groups in total. The number of hydrogen-bond donors (Lipinski definition) is 0. The molecule has 0 fully saturated rings. The molecule has 0 saturated carbocycles. The summed E-state index contributed by atoms with van der Waals surface area (Å²) in [5.41, 5.74) is 1.33. The Bertz CT molecular complexity index is 706. The van der Waals surface area contributed by atoms with E-state index in [9.17, 15) is 0 Å². The van der Waals surface area contributed by atoms with Gasteiger partial charge in [0, 0.05) is 14.2 Å². The van der Waals surface area contributed by atoms with Crippen LogP contribution in [0.25, 0.3) is 10.8 Å². The molecule has 1 unspecified atom stereocenters. The number of benzene rings is 2. The van der Waals surface area contributed by atoms with Crippen molar-refractivity contribution < 1.29 is 0 Å². The Labute approximate surface area is 133 Å². The third-order valence-corrected chi connectivity index (χ3v) is 6.71. The number of rotatable bonds is 2. The topological polar surface area (TPSA) is 0 Å². The highest BCUT2D eigenvalue weighted by atomic mass is 79.9. The molecule has 0 spiro atoms.